The molecule has 1 aromatic rings. The van der Waals surface area contributed by atoms with E-state index >= 15 is 0 Å². The Labute approximate surface area is 142 Å². The van der Waals surface area contributed by atoms with Gasteiger partial charge in [-0.15, -0.1) is 6.58 Å². The predicted octanol–water partition coefficient (Wildman–Crippen LogP) is 3.57. The number of hydrogen-bond acceptors (Lipinski definition) is 0. The Morgan fingerprint density at radius 3 is 1.26 bits per heavy atom. The molecule has 0 saturated heterocycles. The van der Waals surface area contributed by atoms with Gasteiger partial charge in [-0.25, -0.2) is 0 Å². The molecule has 0 amide bonds. The summed E-state index contributed by atoms with van der Waals surface area (Å²) in [5.41, 5.74) is 1.20. The van der Waals surface area contributed by atoms with Crippen molar-refractivity contribution < 1.29 is 52.9 Å². The number of allylic oxidation sites excluding steroid dienone is 1. The summed E-state index contributed by atoms with van der Waals surface area (Å²) in [7, 11) is -6.00. The van der Waals surface area contributed by atoms with Crippen molar-refractivity contribution in [3.05, 3.63) is 81.6 Å². The molecule has 0 atom stereocenters. The maximum Gasteiger partial charge on any atom is 0 e. The van der Waals surface area contributed by atoms with Crippen LogP contribution in [0.2, 0.25) is 0 Å². The topological polar surface area (TPSA) is 79.6 Å². The van der Waals surface area contributed by atoms with Crippen molar-refractivity contribution in [3.8, 4) is 0 Å². The standard InChI is InChI=1S/C9H9.4CO.BF4.Fe/c1-2-6-9-7-4-3-5-8-9;4*1-2;2-1(3,4)5;/h2-8H,1H2;;;;;;/q;;;;;-1;. The van der Waals surface area contributed by atoms with Crippen molar-refractivity contribution in [2.45, 2.75) is 0 Å². The van der Waals surface area contributed by atoms with Crippen molar-refractivity contribution in [2.24, 2.45) is 0 Å². The van der Waals surface area contributed by atoms with Gasteiger partial charge < -0.3 is 17.3 Å². The molecule has 1 rings (SSSR count). The summed E-state index contributed by atoms with van der Waals surface area (Å²) in [6.07, 6.45) is 3.76. The van der Waals surface area contributed by atoms with Gasteiger partial charge >= 0.3 is 52.5 Å². The van der Waals surface area contributed by atoms with Crippen LogP contribution in [0, 0.1) is 33.0 Å². The van der Waals surface area contributed by atoms with Crippen LogP contribution in [0.3, 0.4) is 0 Å². The van der Waals surface area contributed by atoms with Gasteiger partial charge in [-0.3, -0.25) is 0 Å². The minimum Gasteiger partial charge on any atom is 0 e. The fraction of sp³-hybridized carbons (Fsp3) is 0. The van der Waals surface area contributed by atoms with Crippen molar-refractivity contribution in [2.75, 3.05) is 0 Å². The molecule has 0 aliphatic rings. The Morgan fingerprint density at radius 2 is 1.04 bits per heavy atom. The van der Waals surface area contributed by atoms with Gasteiger partial charge in [-0.1, -0.05) is 36.4 Å². The van der Waals surface area contributed by atoms with E-state index in [1.165, 1.54) is 5.56 Å². The summed E-state index contributed by atoms with van der Waals surface area (Å²) in [6.45, 7) is 21.6. The molecule has 0 fully saturated rings. The van der Waals surface area contributed by atoms with Crippen molar-refractivity contribution >= 4 is 7.25 Å². The Balaban J connectivity index is -0.0000000449. The first kappa shape index (κ1) is 37.5. The SMILES string of the molecule is C=C[CH]c1ccccc1.F[B-](F)(F)F.[C-]#[O+].[C-]#[O+].[C-]#[O+].[C-]#[O+].[Fe]. The molecule has 10 heteroatoms. The summed E-state index contributed by atoms with van der Waals surface area (Å²) in [4.78, 5) is 0. The molecule has 0 aliphatic carbocycles. The first-order chi connectivity index (χ1) is 10.4. The molecule has 4 nitrogen and oxygen atoms in total. The van der Waals surface area contributed by atoms with E-state index in [4.69, 9.17) is 18.6 Å². The monoisotopic (exact) mass is 372 g/mol. The van der Waals surface area contributed by atoms with Gasteiger partial charge in [-0.05, 0) is 5.56 Å². The third kappa shape index (κ3) is 78.9. The van der Waals surface area contributed by atoms with E-state index in [0.29, 0.717) is 0 Å². The van der Waals surface area contributed by atoms with Gasteiger partial charge in [0, 0.05) is 23.5 Å². The van der Waals surface area contributed by atoms with E-state index < -0.39 is 7.25 Å². The summed E-state index contributed by atoms with van der Waals surface area (Å²) < 4.78 is 69.0. The second-order valence-electron chi connectivity index (χ2n) is 2.31. The van der Waals surface area contributed by atoms with Crippen LogP contribution in [0.1, 0.15) is 5.56 Å². The molecule has 125 valence electrons. The molecule has 0 heterocycles. The molecule has 0 aliphatic heterocycles. The Morgan fingerprint density at radius 1 is 0.783 bits per heavy atom. The quantitative estimate of drug-likeness (QED) is 0.329. The van der Waals surface area contributed by atoms with Gasteiger partial charge in [0.1, 0.15) is 0 Å². The molecular formula is C13H9BF4FeO4-. The summed E-state index contributed by atoms with van der Waals surface area (Å²) in [5, 5.41) is 0. The zero-order valence-corrected chi connectivity index (χ0v) is 12.4. The molecule has 1 radical (unpaired) electrons. The summed E-state index contributed by atoms with van der Waals surface area (Å²) >= 11 is 0. The zero-order chi connectivity index (χ0) is 19.0. The maximum absolute atomic E-state index is 9.75. The van der Waals surface area contributed by atoms with E-state index in [1.807, 2.05) is 36.8 Å². The molecule has 0 bridgehead atoms. The molecule has 23 heavy (non-hydrogen) atoms. The number of hydrogen-bond donors (Lipinski definition) is 0. The van der Waals surface area contributed by atoms with Gasteiger partial charge in [0.2, 0.25) is 0 Å². The van der Waals surface area contributed by atoms with Crippen LogP contribution in [0.4, 0.5) is 17.3 Å². The minimum atomic E-state index is -6.00. The summed E-state index contributed by atoms with van der Waals surface area (Å²) in [5.74, 6) is 0. The Kier molecular flexibility index (Phi) is 60.2. The van der Waals surface area contributed by atoms with Crippen LogP contribution in [-0.4, -0.2) is 7.25 Å². The van der Waals surface area contributed by atoms with Crippen LogP contribution < -0.4 is 0 Å². The second kappa shape index (κ2) is 36.9. The van der Waals surface area contributed by atoms with Crippen molar-refractivity contribution in [1.29, 1.82) is 0 Å². The number of rotatable bonds is 2. The normalized spacial score (nSPS) is 6.43. The molecular weight excluding hydrogens is 363 g/mol. The third-order valence-corrected chi connectivity index (χ3v) is 1.11. The number of halogens is 4. The van der Waals surface area contributed by atoms with Crippen LogP contribution >= 0.6 is 0 Å². The predicted molar refractivity (Wildman–Crippen MR) is 65.9 cm³/mol. The average Bonchev–Trinajstić information content (AvgIpc) is 2.55. The fourth-order valence-electron chi connectivity index (χ4n) is 0.700. The van der Waals surface area contributed by atoms with Crippen LogP contribution in [0.5, 0.6) is 0 Å². The molecule has 0 saturated carbocycles. The third-order valence-electron chi connectivity index (χ3n) is 1.11. The number of benzene rings is 1. The second-order valence-corrected chi connectivity index (χ2v) is 2.31. The Hall–Kier alpha value is -1.78. The molecule has 0 spiro atoms. The molecule has 0 unspecified atom stereocenters. The fourth-order valence-corrected chi connectivity index (χ4v) is 0.700. The summed E-state index contributed by atoms with van der Waals surface area (Å²) in [6, 6.07) is 10.1. The van der Waals surface area contributed by atoms with E-state index in [-0.39, 0.29) is 17.1 Å². The van der Waals surface area contributed by atoms with Crippen molar-refractivity contribution in [1.82, 2.24) is 0 Å². The minimum absolute atomic E-state index is 0. The van der Waals surface area contributed by atoms with E-state index in [9.17, 15) is 17.3 Å². The van der Waals surface area contributed by atoms with Gasteiger partial charge in [0.05, 0.1) is 0 Å². The van der Waals surface area contributed by atoms with Gasteiger partial charge in [0.25, 0.3) is 0 Å². The zero-order valence-electron chi connectivity index (χ0n) is 11.3. The van der Waals surface area contributed by atoms with E-state index in [2.05, 4.69) is 33.2 Å². The van der Waals surface area contributed by atoms with E-state index in [1.54, 1.807) is 6.08 Å². The largest absolute Gasteiger partial charge is 0 e. The smallest absolute Gasteiger partial charge is 0 e. The van der Waals surface area contributed by atoms with E-state index in [0.717, 1.165) is 0 Å². The van der Waals surface area contributed by atoms with Crippen LogP contribution in [0.25, 0.3) is 0 Å². The molecule has 1 aromatic carbocycles. The maximum atomic E-state index is 9.75. The van der Waals surface area contributed by atoms with Crippen LogP contribution in [0.15, 0.2) is 43.0 Å². The first-order valence-corrected chi connectivity index (χ1v) is 4.63. The van der Waals surface area contributed by atoms with Gasteiger partial charge in [-0.2, -0.15) is 0 Å². The molecule has 0 aromatic heterocycles. The van der Waals surface area contributed by atoms with Crippen molar-refractivity contribution in [3.63, 3.8) is 0 Å². The van der Waals surface area contributed by atoms with Gasteiger partial charge in [0.15, 0.2) is 0 Å². The molecule has 0 N–H and O–H groups in total. The van der Waals surface area contributed by atoms with Crippen LogP contribution in [-0.2, 0) is 35.7 Å². The first-order valence-electron chi connectivity index (χ1n) is 4.63. The average molecular weight is 372 g/mol. The Bertz CT molecular complexity index is 387.